The molecule has 0 saturated carbocycles. The molecular formula is C22H22N2O3. The van der Waals surface area contributed by atoms with E-state index in [0.717, 1.165) is 5.56 Å². The highest BCUT2D eigenvalue weighted by atomic mass is 16.6. The van der Waals surface area contributed by atoms with Gasteiger partial charge in [-0.25, -0.2) is 4.79 Å². The molecule has 1 heterocycles. The molecule has 5 heteroatoms. The first-order valence-electron chi connectivity index (χ1n) is 8.67. The average molecular weight is 362 g/mol. The summed E-state index contributed by atoms with van der Waals surface area (Å²) in [4.78, 5) is 25.7. The molecule has 2 aromatic rings. The maximum Gasteiger partial charge on any atom is 0.341 e. The van der Waals surface area contributed by atoms with Crippen molar-refractivity contribution in [3.05, 3.63) is 64.7 Å². The van der Waals surface area contributed by atoms with Crippen LogP contribution >= 0.6 is 0 Å². The Hall–Kier alpha value is -3.26. The van der Waals surface area contributed by atoms with Crippen molar-refractivity contribution in [2.45, 2.75) is 39.0 Å². The zero-order valence-corrected chi connectivity index (χ0v) is 15.8. The van der Waals surface area contributed by atoms with Crippen LogP contribution in [-0.4, -0.2) is 17.4 Å². The minimum Gasteiger partial charge on any atom is -0.421 e. The first-order valence-corrected chi connectivity index (χ1v) is 8.67. The van der Waals surface area contributed by atoms with Gasteiger partial charge in [-0.1, -0.05) is 30.2 Å². The standard InChI is InChI=1S/C22H22N2O3/c1-6-15-13-14(2)11-12-18(15)23-22(20(26)24-21(3,4)5)17-10-8-7-9-16(17)19(25)27-22/h1,7-13,23H,2-5H3,(H,24,26). The second-order valence-corrected chi connectivity index (χ2v) is 7.64. The van der Waals surface area contributed by atoms with E-state index in [2.05, 4.69) is 16.6 Å². The number of aryl methyl sites for hydroxylation is 1. The number of hydrogen-bond donors (Lipinski definition) is 2. The second kappa shape index (κ2) is 6.48. The minimum absolute atomic E-state index is 0.350. The van der Waals surface area contributed by atoms with Crippen molar-refractivity contribution in [2.24, 2.45) is 0 Å². The molecule has 5 nitrogen and oxygen atoms in total. The number of carbonyl (C=O) groups is 2. The van der Waals surface area contributed by atoms with Gasteiger partial charge < -0.3 is 15.4 Å². The Bertz CT molecular complexity index is 966. The van der Waals surface area contributed by atoms with Crippen LogP contribution in [0.25, 0.3) is 0 Å². The number of esters is 1. The van der Waals surface area contributed by atoms with Crippen LogP contribution in [0, 0.1) is 19.3 Å². The van der Waals surface area contributed by atoms with Gasteiger partial charge in [0.1, 0.15) is 0 Å². The van der Waals surface area contributed by atoms with Crippen molar-refractivity contribution in [1.29, 1.82) is 0 Å². The maximum atomic E-state index is 13.3. The molecule has 3 rings (SSSR count). The number of hydrogen-bond acceptors (Lipinski definition) is 4. The van der Waals surface area contributed by atoms with E-state index < -0.39 is 23.1 Å². The number of ether oxygens (including phenoxy) is 1. The normalized spacial score (nSPS) is 18.3. The molecule has 1 aliphatic heterocycles. The number of fused-ring (bicyclic) bond motifs is 1. The van der Waals surface area contributed by atoms with Gasteiger partial charge in [0.15, 0.2) is 0 Å². The molecule has 0 saturated heterocycles. The highest BCUT2D eigenvalue weighted by Gasteiger charge is 2.52. The summed E-state index contributed by atoms with van der Waals surface area (Å²) in [5, 5.41) is 6.01. The minimum atomic E-state index is -1.69. The Labute approximate surface area is 159 Å². The van der Waals surface area contributed by atoms with Crippen LogP contribution in [0.4, 0.5) is 5.69 Å². The molecule has 27 heavy (non-hydrogen) atoms. The molecular weight excluding hydrogens is 340 g/mol. The fourth-order valence-corrected chi connectivity index (χ4v) is 3.04. The molecule has 1 amide bonds. The lowest BCUT2D eigenvalue weighted by Gasteiger charge is -2.33. The maximum absolute atomic E-state index is 13.3. The van der Waals surface area contributed by atoms with Crippen LogP contribution in [0.2, 0.25) is 0 Å². The summed E-state index contributed by atoms with van der Waals surface area (Å²) in [6, 6.07) is 12.3. The van der Waals surface area contributed by atoms with E-state index in [1.54, 1.807) is 30.3 Å². The molecule has 1 aliphatic rings. The third kappa shape index (κ3) is 3.39. The molecule has 1 atom stereocenters. The highest BCUT2D eigenvalue weighted by Crippen LogP contribution is 2.38. The van der Waals surface area contributed by atoms with Crippen LogP contribution in [0.5, 0.6) is 0 Å². The van der Waals surface area contributed by atoms with Crippen LogP contribution < -0.4 is 10.6 Å². The zero-order chi connectivity index (χ0) is 19.8. The van der Waals surface area contributed by atoms with E-state index in [0.29, 0.717) is 22.4 Å². The molecule has 0 bridgehead atoms. The smallest absolute Gasteiger partial charge is 0.341 e. The Morgan fingerprint density at radius 2 is 1.89 bits per heavy atom. The van der Waals surface area contributed by atoms with Gasteiger partial charge in [0.05, 0.1) is 11.3 Å². The monoisotopic (exact) mass is 362 g/mol. The van der Waals surface area contributed by atoms with Crippen molar-refractivity contribution in [3.8, 4) is 12.3 Å². The van der Waals surface area contributed by atoms with Crippen LogP contribution in [0.1, 0.15) is 47.8 Å². The van der Waals surface area contributed by atoms with Gasteiger partial charge in [-0.3, -0.25) is 4.79 Å². The Morgan fingerprint density at radius 3 is 2.56 bits per heavy atom. The van der Waals surface area contributed by atoms with E-state index in [1.807, 2.05) is 39.8 Å². The fraction of sp³-hybridized carbons (Fsp3) is 0.273. The highest BCUT2D eigenvalue weighted by molar-refractivity contribution is 6.03. The summed E-state index contributed by atoms with van der Waals surface area (Å²) in [6.07, 6.45) is 5.64. The number of amides is 1. The molecule has 0 fully saturated rings. The number of carbonyl (C=O) groups excluding carboxylic acids is 2. The third-order valence-corrected chi connectivity index (χ3v) is 4.22. The summed E-state index contributed by atoms with van der Waals surface area (Å²) in [6.45, 7) is 7.51. The first kappa shape index (κ1) is 18.5. The van der Waals surface area contributed by atoms with E-state index >= 15 is 0 Å². The van der Waals surface area contributed by atoms with E-state index in [9.17, 15) is 9.59 Å². The Morgan fingerprint density at radius 1 is 1.19 bits per heavy atom. The SMILES string of the molecule is C#Cc1cc(C)ccc1NC1(C(=O)NC(C)(C)C)OC(=O)c2ccccc21. The summed E-state index contributed by atoms with van der Waals surface area (Å²) >= 11 is 0. The molecule has 0 aliphatic carbocycles. The van der Waals surface area contributed by atoms with Gasteiger partial charge in [-0.15, -0.1) is 6.42 Å². The number of cyclic esters (lactones) is 1. The Balaban J connectivity index is 2.15. The van der Waals surface area contributed by atoms with Crippen molar-refractivity contribution in [2.75, 3.05) is 5.32 Å². The predicted molar refractivity (Wildman–Crippen MR) is 104 cm³/mol. The summed E-state index contributed by atoms with van der Waals surface area (Å²) < 4.78 is 5.63. The van der Waals surface area contributed by atoms with Gasteiger partial charge >= 0.3 is 5.97 Å². The molecule has 0 aromatic heterocycles. The molecule has 1 unspecified atom stereocenters. The number of terminal acetylenes is 1. The lowest BCUT2D eigenvalue weighted by atomic mass is 9.96. The lowest BCUT2D eigenvalue weighted by Crippen LogP contribution is -2.55. The van der Waals surface area contributed by atoms with E-state index in [-0.39, 0.29) is 0 Å². The molecule has 2 N–H and O–H groups in total. The van der Waals surface area contributed by atoms with Gasteiger partial charge in [0.25, 0.3) is 11.6 Å². The molecule has 2 aromatic carbocycles. The molecule has 0 radical (unpaired) electrons. The van der Waals surface area contributed by atoms with Crippen molar-refractivity contribution in [3.63, 3.8) is 0 Å². The van der Waals surface area contributed by atoms with Crippen LogP contribution in [0.15, 0.2) is 42.5 Å². The van der Waals surface area contributed by atoms with Crippen LogP contribution in [0.3, 0.4) is 0 Å². The quantitative estimate of drug-likeness (QED) is 0.649. The number of nitrogens with one attached hydrogen (secondary N) is 2. The van der Waals surface area contributed by atoms with Crippen molar-refractivity contribution >= 4 is 17.6 Å². The summed E-state index contributed by atoms with van der Waals surface area (Å²) in [5.74, 6) is 1.60. The van der Waals surface area contributed by atoms with Gasteiger partial charge in [0.2, 0.25) is 0 Å². The largest absolute Gasteiger partial charge is 0.421 e. The predicted octanol–water partition coefficient (Wildman–Crippen LogP) is 3.33. The number of rotatable bonds is 3. The van der Waals surface area contributed by atoms with Crippen molar-refractivity contribution < 1.29 is 14.3 Å². The van der Waals surface area contributed by atoms with Gasteiger partial charge in [-0.05, 0) is 51.5 Å². The average Bonchev–Trinajstić information content (AvgIpc) is 2.89. The topological polar surface area (TPSA) is 67.4 Å². The lowest BCUT2D eigenvalue weighted by molar-refractivity contribution is -0.139. The van der Waals surface area contributed by atoms with Crippen molar-refractivity contribution in [1.82, 2.24) is 5.32 Å². The Kier molecular flexibility index (Phi) is 4.44. The third-order valence-electron chi connectivity index (χ3n) is 4.22. The summed E-state index contributed by atoms with van der Waals surface area (Å²) in [5.41, 5.74) is 0.712. The van der Waals surface area contributed by atoms with E-state index in [4.69, 9.17) is 11.2 Å². The molecule has 0 spiro atoms. The van der Waals surface area contributed by atoms with Crippen LogP contribution in [-0.2, 0) is 15.3 Å². The zero-order valence-electron chi connectivity index (χ0n) is 15.8. The number of anilines is 1. The first-order chi connectivity index (χ1) is 12.7. The summed E-state index contributed by atoms with van der Waals surface area (Å²) in [7, 11) is 0. The van der Waals surface area contributed by atoms with Gasteiger partial charge in [0, 0.05) is 16.7 Å². The van der Waals surface area contributed by atoms with Gasteiger partial charge in [-0.2, -0.15) is 0 Å². The fourth-order valence-electron chi connectivity index (χ4n) is 3.04. The second-order valence-electron chi connectivity index (χ2n) is 7.64. The number of benzene rings is 2. The molecule has 138 valence electrons. The van der Waals surface area contributed by atoms with E-state index in [1.165, 1.54) is 0 Å².